The maximum Gasteiger partial charge on any atom is 0.240 e. The molecule has 0 fully saturated rings. The zero-order valence-corrected chi connectivity index (χ0v) is 8.53. The van der Waals surface area contributed by atoms with E-state index < -0.39 is 0 Å². The van der Waals surface area contributed by atoms with Crippen LogP contribution in [0.3, 0.4) is 0 Å². The number of aromatic nitrogens is 1. The number of carbonyl (C=O) groups is 1. The summed E-state index contributed by atoms with van der Waals surface area (Å²) in [5.41, 5.74) is 0.891. The number of nitrogens with zero attached hydrogens (tertiary/aromatic N) is 2. The standard InChI is InChI=1S/C10H15N3O/c1-3-13(10(14)8-11-2)9-4-6-12-7-5-9/h4-7,11H,3,8H2,1-2H3. The highest BCUT2D eigenvalue weighted by molar-refractivity contribution is 5.94. The van der Waals surface area contributed by atoms with Gasteiger partial charge in [-0.15, -0.1) is 0 Å². The fraction of sp³-hybridized carbons (Fsp3) is 0.400. The van der Waals surface area contributed by atoms with Gasteiger partial charge in [0.15, 0.2) is 0 Å². The molecule has 0 aliphatic carbocycles. The van der Waals surface area contributed by atoms with Crippen molar-refractivity contribution in [3.05, 3.63) is 24.5 Å². The van der Waals surface area contributed by atoms with E-state index in [9.17, 15) is 4.79 Å². The first kappa shape index (κ1) is 10.7. The molecule has 1 amide bonds. The van der Waals surface area contributed by atoms with Gasteiger partial charge in [0.05, 0.1) is 6.54 Å². The maximum absolute atomic E-state index is 11.6. The van der Waals surface area contributed by atoms with E-state index in [2.05, 4.69) is 10.3 Å². The molecule has 1 rings (SSSR count). The quantitative estimate of drug-likeness (QED) is 0.763. The molecule has 0 aromatic carbocycles. The summed E-state index contributed by atoms with van der Waals surface area (Å²) < 4.78 is 0. The molecule has 0 radical (unpaired) electrons. The van der Waals surface area contributed by atoms with Crippen LogP contribution in [0, 0.1) is 0 Å². The van der Waals surface area contributed by atoms with Crippen molar-refractivity contribution >= 4 is 11.6 Å². The molecular weight excluding hydrogens is 178 g/mol. The number of pyridine rings is 1. The van der Waals surface area contributed by atoms with Crippen molar-refractivity contribution in [3.63, 3.8) is 0 Å². The number of rotatable bonds is 4. The first-order chi connectivity index (χ1) is 6.79. The van der Waals surface area contributed by atoms with Crippen molar-refractivity contribution in [1.82, 2.24) is 10.3 Å². The van der Waals surface area contributed by atoms with Crippen LogP contribution in [0.15, 0.2) is 24.5 Å². The molecule has 0 saturated heterocycles. The van der Waals surface area contributed by atoms with Gasteiger partial charge in [0.2, 0.25) is 5.91 Å². The highest BCUT2D eigenvalue weighted by Crippen LogP contribution is 2.11. The van der Waals surface area contributed by atoms with E-state index in [0.29, 0.717) is 13.1 Å². The summed E-state index contributed by atoms with van der Waals surface area (Å²) in [6, 6.07) is 3.66. The lowest BCUT2D eigenvalue weighted by Crippen LogP contribution is -2.37. The zero-order valence-electron chi connectivity index (χ0n) is 8.53. The van der Waals surface area contributed by atoms with Crippen LogP contribution in [-0.2, 0) is 4.79 Å². The fourth-order valence-corrected chi connectivity index (χ4v) is 1.27. The van der Waals surface area contributed by atoms with E-state index in [1.807, 2.05) is 19.1 Å². The number of anilines is 1. The summed E-state index contributed by atoms with van der Waals surface area (Å²) in [6.07, 6.45) is 3.37. The van der Waals surface area contributed by atoms with Crippen LogP contribution in [-0.4, -0.2) is 31.0 Å². The number of hydrogen-bond acceptors (Lipinski definition) is 3. The Morgan fingerprint density at radius 1 is 1.50 bits per heavy atom. The van der Waals surface area contributed by atoms with Gasteiger partial charge in [-0.25, -0.2) is 0 Å². The molecule has 1 N–H and O–H groups in total. The third-order valence-electron chi connectivity index (χ3n) is 1.92. The Bertz CT molecular complexity index is 287. The molecule has 4 heteroatoms. The van der Waals surface area contributed by atoms with Gasteiger partial charge in [-0.3, -0.25) is 9.78 Å². The van der Waals surface area contributed by atoms with Crippen LogP contribution in [0.1, 0.15) is 6.92 Å². The number of amides is 1. The van der Waals surface area contributed by atoms with Crippen molar-refractivity contribution < 1.29 is 4.79 Å². The van der Waals surface area contributed by atoms with E-state index >= 15 is 0 Å². The summed E-state index contributed by atoms with van der Waals surface area (Å²) in [5, 5.41) is 2.85. The predicted molar refractivity (Wildman–Crippen MR) is 56.2 cm³/mol. The summed E-state index contributed by atoms with van der Waals surface area (Å²) in [4.78, 5) is 17.3. The van der Waals surface area contributed by atoms with E-state index in [1.165, 1.54) is 0 Å². The Morgan fingerprint density at radius 3 is 2.64 bits per heavy atom. The molecule has 0 atom stereocenters. The Kier molecular flexibility index (Phi) is 4.07. The molecule has 1 aromatic rings. The average Bonchev–Trinajstić information content (AvgIpc) is 2.21. The highest BCUT2D eigenvalue weighted by Gasteiger charge is 2.11. The molecule has 14 heavy (non-hydrogen) atoms. The van der Waals surface area contributed by atoms with Crippen molar-refractivity contribution in [3.8, 4) is 0 Å². The lowest BCUT2D eigenvalue weighted by atomic mass is 10.3. The van der Waals surface area contributed by atoms with Crippen LogP contribution in [0.4, 0.5) is 5.69 Å². The molecule has 0 aliphatic rings. The average molecular weight is 193 g/mol. The van der Waals surface area contributed by atoms with Gasteiger partial charge in [-0.1, -0.05) is 0 Å². The minimum absolute atomic E-state index is 0.0706. The SMILES string of the molecule is CCN(C(=O)CNC)c1ccncc1. The Balaban J connectivity index is 2.77. The lowest BCUT2D eigenvalue weighted by Gasteiger charge is -2.20. The highest BCUT2D eigenvalue weighted by atomic mass is 16.2. The molecule has 0 unspecified atom stereocenters. The maximum atomic E-state index is 11.6. The molecule has 0 saturated carbocycles. The second-order valence-electron chi connectivity index (χ2n) is 2.87. The molecule has 4 nitrogen and oxygen atoms in total. The van der Waals surface area contributed by atoms with Gasteiger partial charge in [0.25, 0.3) is 0 Å². The lowest BCUT2D eigenvalue weighted by molar-refractivity contribution is -0.117. The van der Waals surface area contributed by atoms with Gasteiger partial charge in [-0.2, -0.15) is 0 Å². The first-order valence-corrected chi connectivity index (χ1v) is 4.64. The fourth-order valence-electron chi connectivity index (χ4n) is 1.27. The van der Waals surface area contributed by atoms with Crippen LogP contribution in [0.5, 0.6) is 0 Å². The van der Waals surface area contributed by atoms with E-state index in [0.717, 1.165) is 5.69 Å². The molecule has 1 heterocycles. The van der Waals surface area contributed by atoms with E-state index in [4.69, 9.17) is 0 Å². The second kappa shape index (κ2) is 5.34. The van der Waals surface area contributed by atoms with Gasteiger partial charge >= 0.3 is 0 Å². The molecule has 0 bridgehead atoms. The topological polar surface area (TPSA) is 45.2 Å². The minimum atomic E-state index is 0.0706. The third-order valence-corrected chi connectivity index (χ3v) is 1.92. The van der Waals surface area contributed by atoms with Crippen molar-refractivity contribution in [2.45, 2.75) is 6.92 Å². The molecule has 76 valence electrons. The van der Waals surface area contributed by atoms with Crippen molar-refractivity contribution in [2.24, 2.45) is 0 Å². The first-order valence-electron chi connectivity index (χ1n) is 4.64. The van der Waals surface area contributed by atoms with Gasteiger partial charge < -0.3 is 10.2 Å². The van der Waals surface area contributed by atoms with Crippen LogP contribution >= 0.6 is 0 Å². The number of nitrogens with one attached hydrogen (secondary N) is 1. The Morgan fingerprint density at radius 2 is 2.14 bits per heavy atom. The summed E-state index contributed by atoms with van der Waals surface area (Å²) in [7, 11) is 1.76. The predicted octanol–water partition coefficient (Wildman–Crippen LogP) is 0.654. The number of hydrogen-bond donors (Lipinski definition) is 1. The molecule has 1 aromatic heterocycles. The smallest absolute Gasteiger partial charge is 0.240 e. The van der Waals surface area contributed by atoms with Crippen LogP contribution < -0.4 is 10.2 Å². The van der Waals surface area contributed by atoms with Crippen molar-refractivity contribution in [2.75, 3.05) is 25.0 Å². The van der Waals surface area contributed by atoms with Gasteiger partial charge in [-0.05, 0) is 26.1 Å². The second-order valence-corrected chi connectivity index (χ2v) is 2.87. The van der Waals surface area contributed by atoms with Gasteiger partial charge in [0, 0.05) is 24.6 Å². The summed E-state index contributed by atoms with van der Waals surface area (Å²) >= 11 is 0. The Hall–Kier alpha value is -1.42. The summed E-state index contributed by atoms with van der Waals surface area (Å²) in [6.45, 7) is 2.98. The normalized spacial score (nSPS) is 9.86. The zero-order chi connectivity index (χ0) is 10.4. The number of carbonyl (C=O) groups excluding carboxylic acids is 1. The number of likely N-dealkylation sites (N-methyl/N-ethyl adjacent to an activating group) is 2. The Labute approximate surface area is 83.9 Å². The molecular formula is C10H15N3O. The van der Waals surface area contributed by atoms with Crippen molar-refractivity contribution in [1.29, 1.82) is 0 Å². The molecule has 0 aliphatic heterocycles. The van der Waals surface area contributed by atoms with Crippen LogP contribution in [0.2, 0.25) is 0 Å². The van der Waals surface area contributed by atoms with Gasteiger partial charge in [0.1, 0.15) is 0 Å². The van der Waals surface area contributed by atoms with E-state index in [1.54, 1.807) is 24.3 Å². The van der Waals surface area contributed by atoms with Crippen LogP contribution in [0.25, 0.3) is 0 Å². The monoisotopic (exact) mass is 193 g/mol. The molecule has 0 spiro atoms. The third kappa shape index (κ3) is 2.53. The summed E-state index contributed by atoms with van der Waals surface area (Å²) in [5.74, 6) is 0.0706. The van der Waals surface area contributed by atoms with E-state index in [-0.39, 0.29) is 5.91 Å². The minimum Gasteiger partial charge on any atom is -0.311 e. The largest absolute Gasteiger partial charge is 0.311 e.